The summed E-state index contributed by atoms with van der Waals surface area (Å²) in [7, 11) is 1.69. The zero-order valence-corrected chi connectivity index (χ0v) is 13.0. The van der Waals surface area contributed by atoms with Gasteiger partial charge in [0.2, 0.25) is 5.91 Å². The lowest BCUT2D eigenvalue weighted by Crippen LogP contribution is -2.34. The second kappa shape index (κ2) is 7.06. The average Bonchev–Trinajstić information content (AvgIpc) is 2.78. The summed E-state index contributed by atoms with van der Waals surface area (Å²) in [4.78, 5) is 13.7. The lowest BCUT2D eigenvalue weighted by molar-refractivity contribution is -0.131. The Kier molecular flexibility index (Phi) is 5.14. The number of aromatic nitrogens is 2. The van der Waals surface area contributed by atoms with Crippen LogP contribution in [-0.2, 0) is 11.3 Å². The molecule has 1 aromatic heterocycles. The minimum absolute atomic E-state index is 0.0664. The first-order valence-electron chi connectivity index (χ1n) is 7.09. The van der Waals surface area contributed by atoms with E-state index in [1.807, 2.05) is 19.9 Å². The van der Waals surface area contributed by atoms with Crippen molar-refractivity contribution in [3.05, 3.63) is 47.5 Å². The van der Waals surface area contributed by atoms with E-state index in [1.165, 1.54) is 6.07 Å². The largest absolute Gasteiger partial charge is 0.489 e. The number of aryl methyl sites for hydroxylation is 2. The van der Waals surface area contributed by atoms with E-state index in [0.29, 0.717) is 6.54 Å². The fourth-order valence-electron chi connectivity index (χ4n) is 2.06. The molecule has 1 aromatic carbocycles. The van der Waals surface area contributed by atoms with E-state index in [0.717, 1.165) is 11.4 Å². The van der Waals surface area contributed by atoms with Crippen molar-refractivity contribution >= 4 is 5.91 Å². The molecule has 6 heteroatoms. The molecule has 0 bridgehead atoms. The molecule has 0 aliphatic heterocycles. The highest BCUT2D eigenvalue weighted by atomic mass is 19.1. The van der Waals surface area contributed by atoms with Gasteiger partial charge in [-0.15, -0.1) is 0 Å². The summed E-state index contributed by atoms with van der Waals surface area (Å²) in [5, 5.41) is 4.26. The second-order valence-corrected chi connectivity index (χ2v) is 5.18. The van der Waals surface area contributed by atoms with Crippen LogP contribution in [0.1, 0.15) is 11.4 Å². The second-order valence-electron chi connectivity index (χ2n) is 5.18. The van der Waals surface area contributed by atoms with Crippen LogP contribution in [0.25, 0.3) is 0 Å². The van der Waals surface area contributed by atoms with Crippen LogP contribution in [0, 0.1) is 19.7 Å². The molecule has 118 valence electrons. The van der Waals surface area contributed by atoms with Gasteiger partial charge in [-0.2, -0.15) is 5.10 Å². The Bertz CT molecular complexity index is 655. The summed E-state index contributed by atoms with van der Waals surface area (Å²) in [5.41, 5.74) is 1.83. The smallest absolute Gasteiger partial charge is 0.244 e. The number of hydrogen-bond donors (Lipinski definition) is 0. The van der Waals surface area contributed by atoms with Crippen molar-refractivity contribution in [1.82, 2.24) is 14.7 Å². The summed E-state index contributed by atoms with van der Waals surface area (Å²) in [6, 6.07) is 8.14. The van der Waals surface area contributed by atoms with Gasteiger partial charge in [-0.25, -0.2) is 4.39 Å². The molecule has 1 heterocycles. The SMILES string of the molecule is Cc1cc(C)n(CC(=O)N(C)CCOc2ccccc2F)n1. The fourth-order valence-corrected chi connectivity index (χ4v) is 2.06. The minimum Gasteiger partial charge on any atom is -0.489 e. The highest BCUT2D eigenvalue weighted by Gasteiger charge is 2.12. The van der Waals surface area contributed by atoms with Crippen LogP contribution >= 0.6 is 0 Å². The summed E-state index contributed by atoms with van der Waals surface area (Å²) in [5.74, 6) is -0.274. The number of rotatable bonds is 6. The standard InChI is InChI=1S/C16H20FN3O2/c1-12-10-13(2)20(18-12)11-16(21)19(3)8-9-22-15-7-5-4-6-14(15)17/h4-7,10H,8-9,11H2,1-3H3. The molecule has 0 aliphatic rings. The first kappa shape index (κ1) is 16.0. The van der Waals surface area contributed by atoms with Crippen LogP contribution in [0.15, 0.2) is 30.3 Å². The first-order chi connectivity index (χ1) is 10.5. The van der Waals surface area contributed by atoms with Crippen LogP contribution in [-0.4, -0.2) is 40.8 Å². The van der Waals surface area contributed by atoms with Crippen LogP contribution < -0.4 is 4.74 Å². The van der Waals surface area contributed by atoms with Crippen molar-refractivity contribution in [2.45, 2.75) is 20.4 Å². The van der Waals surface area contributed by atoms with Gasteiger partial charge in [-0.3, -0.25) is 9.48 Å². The summed E-state index contributed by atoms with van der Waals surface area (Å²) >= 11 is 0. The van der Waals surface area contributed by atoms with E-state index in [-0.39, 0.29) is 24.8 Å². The van der Waals surface area contributed by atoms with E-state index < -0.39 is 5.82 Å². The maximum absolute atomic E-state index is 13.4. The number of benzene rings is 1. The molecule has 0 atom stereocenters. The Balaban J connectivity index is 1.82. The van der Waals surface area contributed by atoms with Gasteiger partial charge in [0.05, 0.1) is 12.2 Å². The van der Waals surface area contributed by atoms with E-state index >= 15 is 0 Å². The van der Waals surface area contributed by atoms with Crippen LogP contribution in [0.4, 0.5) is 4.39 Å². The predicted octanol–water partition coefficient (Wildman–Crippen LogP) is 2.18. The molecule has 22 heavy (non-hydrogen) atoms. The lowest BCUT2D eigenvalue weighted by atomic mass is 10.3. The normalized spacial score (nSPS) is 10.5. The molecule has 0 radical (unpaired) electrons. The van der Waals surface area contributed by atoms with Crippen LogP contribution in [0.5, 0.6) is 5.75 Å². The summed E-state index contributed by atoms with van der Waals surface area (Å²) in [6.07, 6.45) is 0. The van der Waals surface area contributed by atoms with E-state index in [4.69, 9.17) is 4.74 Å². The number of ether oxygens (including phenoxy) is 1. The molecule has 0 aliphatic carbocycles. The van der Waals surface area contributed by atoms with Gasteiger partial charge < -0.3 is 9.64 Å². The average molecular weight is 305 g/mol. The summed E-state index contributed by atoms with van der Waals surface area (Å²) in [6.45, 7) is 4.61. The highest BCUT2D eigenvalue weighted by Crippen LogP contribution is 2.15. The summed E-state index contributed by atoms with van der Waals surface area (Å²) < 4.78 is 20.4. The Labute approximate surface area is 129 Å². The van der Waals surface area contributed by atoms with Crippen molar-refractivity contribution in [2.24, 2.45) is 0 Å². The third-order valence-corrected chi connectivity index (χ3v) is 3.34. The molecule has 2 aromatic rings. The number of carbonyl (C=O) groups excluding carboxylic acids is 1. The Morgan fingerprint density at radius 2 is 2.09 bits per heavy atom. The Morgan fingerprint density at radius 1 is 1.36 bits per heavy atom. The molecule has 5 nitrogen and oxygen atoms in total. The van der Waals surface area contributed by atoms with Gasteiger partial charge in [-0.05, 0) is 32.0 Å². The molecule has 0 saturated heterocycles. The number of carbonyl (C=O) groups is 1. The molecular formula is C16H20FN3O2. The van der Waals surface area contributed by atoms with Crippen molar-refractivity contribution in [2.75, 3.05) is 20.2 Å². The van der Waals surface area contributed by atoms with Crippen LogP contribution in [0.2, 0.25) is 0 Å². The molecule has 0 unspecified atom stereocenters. The van der Waals surface area contributed by atoms with Crippen molar-refractivity contribution in [1.29, 1.82) is 0 Å². The number of halogens is 1. The fraction of sp³-hybridized carbons (Fsp3) is 0.375. The third kappa shape index (κ3) is 4.07. The van der Waals surface area contributed by atoms with Gasteiger partial charge >= 0.3 is 0 Å². The first-order valence-corrected chi connectivity index (χ1v) is 7.09. The number of nitrogens with zero attached hydrogens (tertiary/aromatic N) is 3. The zero-order chi connectivity index (χ0) is 16.1. The molecule has 0 N–H and O–H groups in total. The van der Waals surface area contributed by atoms with E-state index in [9.17, 15) is 9.18 Å². The molecule has 1 amide bonds. The van der Waals surface area contributed by atoms with Crippen molar-refractivity contribution in [3.63, 3.8) is 0 Å². The van der Waals surface area contributed by atoms with Crippen molar-refractivity contribution < 1.29 is 13.9 Å². The third-order valence-electron chi connectivity index (χ3n) is 3.34. The van der Waals surface area contributed by atoms with Gasteiger partial charge in [-0.1, -0.05) is 12.1 Å². The van der Waals surface area contributed by atoms with Gasteiger partial charge in [0.15, 0.2) is 11.6 Å². The lowest BCUT2D eigenvalue weighted by Gasteiger charge is -2.18. The molecule has 0 spiro atoms. The van der Waals surface area contributed by atoms with Gasteiger partial charge in [0.25, 0.3) is 0 Å². The number of para-hydroxylation sites is 1. The Hall–Kier alpha value is -2.37. The maximum atomic E-state index is 13.4. The molecule has 2 rings (SSSR count). The van der Waals surface area contributed by atoms with Crippen molar-refractivity contribution in [3.8, 4) is 5.75 Å². The molecular weight excluding hydrogens is 285 g/mol. The van der Waals surface area contributed by atoms with Crippen LogP contribution in [0.3, 0.4) is 0 Å². The van der Waals surface area contributed by atoms with Gasteiger partial charge in [0, 0.05) is 12.7 Å². The molecule has 0 fully saturated rings. The minimum atomic E-state index is -0.404. The predicted molar refractivity (Wildman–Crippen MR) is 81.2 cm³/mol. The Morgan fingerprint density at radius 3 is 2.73 bits per heavy atom. The van der Waals surface area contributed by atoms with E-state index in [1.54, 1.807) is 34.8 Å². The van der Waals surface area contributed by atoms with E-state index in [2.05, 4.69) is 5.10 Å². The number of hydrogen-bond acceptors (Lipinski definition) is 3. The quantitative estimate of drug-likeness (QED) is 0.822. The number of likely N-dealkylation sites (N-methyl/N-ethyl adjacent to an activating group) is 1. The highest BCUT2D eigenvalue weighted by molar-refractivity contribution is 5.75. The molecule has 0 saturated carbocycles. The maximum Gasteiger partial charge on any atom is 0.244 e. The number of amides is 1. The van der Waals surface area contributed by atoms with Gasteiger partial charge in [0.1, 0.15) is 13.2 Å². The zero-order valence-electron chi connectivity index (χ0n) is 13.0. The topological polar surface area (TPSA) is 47.4 Å². The monoisotopic (exact) mass is 305 g/mol.